The second-order valence-corrected chi connectivity index (χ2v) is 7.87. The molecule has 0 amide bonds. The van der Waals surface area contributed by atoms with E-state index in [-0.39, 0.29) is 0 Å². The van der Waals surface area contributed by atoms with Crippen molar-refractivity contribution in [3.05, 3.63) is 42.0 Å². The molecule has 0 N–H and O–H groups in total. The molecule has 29 heavy (non-hydrogen) atoms. The van der Waals surface area contributed by atoms with Crippen molar-refractivity contribution in [3.63, 3.8) is 0 Å². The summed E-state index contributed by atoms with van der Waals surface area (Å²) in [5.41, 5.74) is 3.03. The number of aromatic nitrogens is 3. The second kappa shape index (κ2) is 8.37. The Morgan fingerprint density at radius 2 is 2.03 bits per heavy atom. The van der Waals surface area contributed by atoms with Crippen molar-refractivity contribution in [1.82, 2.24) is 19.3 Å². The zero-order valence-corrected chi connectivity index (χ0v) is 17.5. The fourth-order valence-electron chi connectivity index (χ4n) is 3.53. The van der Waals surface area contributed by atoms with Gasteiger partial charge in [0.1, 0.15) is 0 Å². The highest BCUT2D eigenvalue weighted by atomic mass is 16.5. The Morgan fingerprint density at radius 3 is 2.72 bits per heavy atom. The van der Waals surface area contributed by atoms with Crippen LogP contribution in [0, 0.1) is 5.92 Å². The van der Waals surface area contributed by atoms with E-state index in [1.807, 2.05) is 10.6 Å². The average Bonchev–Trinajstić information content (AvgIpc) is 3.42. The van der Waals surface area contributed by atoms with Gasteiger partial charge in [-0.3, -0.25) is 4.40 Å². The number of rotatable bonds is 6. The summed E-state index contributed by atoms with van der Waals surface area (Å²) < 4.78 is 7.15. The van der Waals surface area contributed by atoms with Crippen LogP contribution < -0.4 is 4.90 Å². The molecule has 3 heterocycles. The molecule has 2 aliphatic rings. The largest absolute Gasteiger partial charge is 0.461 e. The fraction of sp³-hybridized carbons (Fsp3) is 0.500. The van der Waals surface area contributed by atoms with Crippen molar-refractivity contribution in [2.75, 3.05) is 44.7 Å². The van der Waals surface area contributed by atoms with Gasteiger partial charge in [0.15, 0.2) is 17.2 Å². The number of imidazole rings is 1. The van der Waals surface area contributed by atoms with Gasteiger partial charge in [-0.25, -0.2) is 14.8 Å². The van der Waals surface area contributed by atoms with Crippen LogP contribution in [0.4, 0.5) is 5.82 Å². The molecule has 0 bridgehead atoms. The zero-order chi connectivity index (χ0) is 20.4. The molecule has 2 aromatic heterocycles. The topological polar surface area (TPSA) is 63.0 Å². The Labute approximate surface area is 171 Å². The number of hydrogen-bond donors (Lipinski definition) is 0. The summed E-state index contributed by atoms with van der Waals surface area (Å²) in [5, 5.41) is 0. The molecule has 2 aromatic rings. The maximum atomic E-state index is 12.3. The Kier molecular flexibility index (Phi) is 5.67. The lowest BCUT2D eigenvalue weighted by atomic mass is 10.2. The molecular formula is C22H29N5O2. The van der Waals surface area contributed by atoms with E-state index in [0.717, 1.165) is 49.2 Å². The number of likely N-dealkylation sites (N-methyl/N-ethyl adjacent to an activating group) is 1. The summed E-state index contributed by atoms with van der Waals surface area (Å²) in [4.78, 5) is 26.2. The molecule has 0 unspecified atom stereocenters. The third kappa shape index (κ3) is 4.34. The van der Waals surface area contributed by atoms with Gasteiger partial charge in [0.2, 0.25) is 0 Å². The lowest BCUT2D eigenvalue weighted by molar-refractivity contribution is 0.0520. The van der Waals surface area contributed by atoms with Gasteiger partial charge in [0.05, 0.1) is 18.5 Å². The summed E-state index contributed by atoms with van der Waals surface area (Å²) >= 11 is 0. The first kappa shape index (κ1) is 19.6. The van der Waals surface area contributed by atoms with Gasteiger partial charge >= 0.3 is 5.97 Å². The number of carbonyl (C=O) groups excluding carboxylic acids is 1. The first-order valence-corrected chi connectivity index (χ1v) is 10.4. The first-order chi connectivity index (χ1) is 14.1. The molecule has 1 aliphatic carbocycles. The van der Waals surface area contributed by atoms with Crippen LogP contribution in [-0.4, -0.2) is 65.1 Å². The summed E-state index contributed by atoms with van der Waals surface area (Å²) in [6, 6.07) is 0. The second-order valence-electron chi connectivity index (χ2n) is 7.87. The van der Waals surface area contributed by atoms with Gasteiger partial charge in [0.25, 0.3) is 0 Å². The predicted octanol–water partition coefficient (Wildman–Crippen LogP) is 3.03. The molecule has 1 saturated heterocycles. The van der Waals surface area contributed by atoms with Gasteiger partial charge in [-0.15, -0.1) is 0 Å². The number of ether oxygens (including phenoxy) is 1. The number of allylic oxidation sites excluding steroid dienone is 4. The molecule has 0 radical (unpaired) electrons. The van der Waals surface area contributed by atoms with E-state index in [1.54, 1.807) is 13.1 Å². The standard InChI is InChI=1S/C22H29N5O2/c1-4-29-22(28)18-15-27-19(16(2)6-5-7-17-8-9-17)14-23-20(21(27)24-18)26-12-10-25(3)11-13-26/h5-7,14-15,17H,4,8-13H2,1-3H3/b7-5-,16-6+. The summed E-state index contributed by atoms with van der Waals surface area (Å²) in [7, 11) is 2.13. The number of anilines is 1. The number of fused-ring (bicyclic) bond motifs is 1. The third-order valence-corrected chi connectivity index (χ3v) is 5.52. The lowest BCUT2D eigenvalue weighted by Crippen LogP contribution is -2.45. The Hall–Kier alpha value is -2.67. The maximum absolute atomic E-state index is 12.3. The van der Waals surface area contributed by atoms with Crippen molar-refractivity contribution in [1.29, 1.82) is 0 Å². The highest BCUT2D eigenvalue weighted by molar-refractivity contribution is 5.89. The number of esters is 1. The molecule has 0 aromatic carbocycles. The van der Waals surface area contributed by atoms with Gasteiger partial charge in [0, 0.05) is 32.4 Å². The highest BCUT2D eigenvalue weighted by Crippen LogP contribution is 2.30. The minimum Gasteiger partial charge on any atom is -0.461 e. The molecule has 0 spiro atoms. The lowest BCUT2D eigenvalue weighted by Gasteiger charge is -2.33. The van der Waals surface area contributed by atoms with E-state index >= 15 is 0 Å². The van der Waals surface area contributed by atoms with Crippen LogP contribution in [0.1, 0.15) is 42.9 Å². The van der Waals surface area contributed by atoms with Crippen molar-refractivity contribution in [2.24, 2.45) is 5.92 Å². The third-order valence-electron chi connectivity index (χ3n) is 5.52. The molecule has 1 saturated carbocycles. The van der Waals surface area contributed by atoms with Crippen LogP contribution in [-0.2, 0) is 4.74 Å². The monoisotopic (exact) mass is 395 g/mol. The zero-order valence-electron chi connectivity index (χ0n) is 17.5. The van der Waals surface area contributed by atoms with Crippen molar-refractivity contribution < 1.29 is 9.53 Å². The number of nitrogens with zero attached hydrogens (tertiary/aromatic N) is 5. The molecule has 2 fully saturated rings. The van der Waals surface area contributed by atoms with Crippen LogP contribution in [0.5, 0.6) is 0 Å². The van der Waals surface area contributed by atoms with Gasteiger partial charge in [-0.1, -0.05) is 18.2 Å². The molecule has 7 nitrogen and oxygen atoms in total. The van der Waals surface area contributed by atoms with Crippen molar-refractivity contribution in [3.8, 4) is 0 Å². The van der Waals surface area contributed by atoms with E-state index in [1.165, 1.54) is 12.8 Å². The minimum atomic E-state index is -0.401. The SMILES string of the molecule is CCOC(=O)c1cn2c(/C(C)=C/C=C\C3CC3)cnc(N3CCN(C)CC3)c2n1. The Morgan fingerprint density at radius 1 is 1.28 bits per heavy atom. The van der Waals surface area contributed by atoms with Gasteiger partial charge < -0.3 is 14.5 Å². The van der Waals surface area contributed by atoms with E-state index in [2.05, 4.69) is 47.0 Å². The van der Waals surface area contributed by atoms with E-state index in [0.29, 0.717) is 17.9 Å². The molecular weight excluding hydrogens is 366 g/mol. The quantitative estimate of drug-likeness (QED) is 0.553. The van der Waals surface area contributed by atoms with E-state index in [9.17, 15) is 4.79 Å². The number of piperazine rings is 1. The Bertz CT molecular complexity index is 950. The molecule has 0 atom stereocenters. The first-order valence-electron chi connectivity index (χ1n) is 10.4. The summed E-state index contributed by atoms with van der Waals surface area (Å²) in [6.45, 7) is 7.92. The number of carbonyl (C=O) groups is 1. The number of hydrogen-bond acceptors (Lipinski definition) is 6. The van der Waals surface area contributed by atoms with Crippen molar-refractivity contribution in [2.45, 2.75) is 26.7 Å². The molecule has 1 aliphatic heterocycles. The van der Waals surface area contributed by atoms with E-state index in [4.69, 9.17) is 9.72 Å². The predicted molar refractivity (Wildman–Crippen MR) is 114 cm³/mol. The van der Waals surface area contributed by atoms with Gasteiger partial charge in [-0.05, 0) is 45.2 Å². The smallest absolute Gasteiger partial charge is 0.358 e. The molecule has 4 rings (SSSR count). The van der Waals surface area contributed by atoms with Crippen LogP contribution in [0.25, 0.3) is 11.2 Å². The summed E-state index contributed by atoms with van der Waals surface area (Å²) in [5.74, 6) is 1.15. The summed E-state index contributed by atoms with van der Waals surface area (Å²) in [6.07, 6.45) is 12.7. The van der Waals surface area contributed by atoms with Crippen LogP contribution in [0.15, 0.2) is 30.6 Å². The van der Waals surface area contributed by atoms with Crippen LogP contribution in [0.3, 0.4) is 0 Å². The normalized spacial score (nSPS) is 18.7. The van der Waals surface area contributed by atoms with Crippen molar-refractivity contribution >= 4 is 23.0 Å². The van der Waals surface area contributed by atoms with E-state index < -0.39 is 5.97 Å². The molecule has 154 valence electrons. The minimum absolute atomic E-state index is 0.317. The van der Waals surface area contributed by atoms with Gasteiger partial charge in [-0.2, -0.15) is 0 Å². The molecule has 7 heteroatoms. The average molecular weight is 396 g/mol. The fourth-order valence-corrected chi connectivity index (χ4v) is 3.53. The maximum Gasteiger partial charge on any atom is 0.358 e. The van der Waals surface area contributed by atoms with Crippen LogP contribution >= 0.6 is 0 Å². The highest BCUT2D eigenvalue weighted by Gasteiger charge is 2.23. The Balaban J connectivity index is 1.74. The van der Waals surface area contributed by atoms with Crippen LogP contribution in [0.2, 0.25) is 0 Å².